The van der Waals surface area contributed by atoms with Gasteiger partial charge >= 0.3 is 0 Å². The van der Waals surface area contributed by atoms with Crippen LogP contribution in [0.1, 0.15) is 50.5 Å². The summed E-state index contributed by atoms with van der Waals surface area (Å²) < 4.78 is 6.10. The van der Waals surface area contributed by atoms with Crippen molar-refractivity contribution in [3.63, 3.8) is 0 Å². The third-order valence-electron chi connectivity index (χ3n) is 5.53. The van der Waals surface area contributed by atoms with Gasteiger partial charge < -0.3 is 10.5 Å². The molecule has 1 aliphatic heterocycles. The standard InChI is InChI=1S/C18H26N2O/c19-15-4-1-3-14(11-15)13-20(16-5-6-16)17-7-10-21-18(12-17)8-2-9-18/h1,3-4,11,16-17H,2,5-10,12-13,19H2. The summed E-state index contributed by atoms with van der Waals surface area (Å²) in [5, 5.41) is 0. The predicted molar refractivity (Wildman–Crippen MR) is 85.0 cm³/mol. The Bertz CT molecular complexity index is 508. The molecule has 0 aromatic heterocycles. The quantitative estimate of drug-likeness (QED) is 0.863. The lowest BCUT2D eigenvalue weighted by molar-refractivity contribution is -0.150. The van der Waals surface area contributed by atoms with Gasteiger partial charge in [-0.3, -0.25) is 4.90 Å². The molecular formula is C18H26N2O. The number of anilines is 1. The van der Waals surface area contributed by atoms with Gasteiger partial charge in [0.05, 0.1) is 5.60 Å². The van der Waals surface area contributed by atoms with Crippen LogP contribution < -0.4 is 5.73 Å². The first-order valence-corrected chi connectivity index (χ1v) is 8.48. The third-order valence-corrected chi connectivity index (χ3v) is 5.53. The van der Waals surface area contributed by atoms with Crippen LogP contribution >= 0.6 is 0 Å². The molecule has 3 nitrogen and oxygen atoms in total. The van der Waals surface area contributed by atoms with Gasteiger partial charge in [0.15, 0.2) is 0 Å². The highest BCUT2D eigenvalue weighted by Gasteiger charge is 2.46. The van der Waals surface area contributed by atoms with E-state index in [4.69, 9.17) is 10.5 Å². The van der Waals surface area contributed by atoms with Crippen molar-refractivity contribution >= 4 is 5.69 Å². The Labute approximate surface area is 127 Å². The van der Waals surface area contributed by atoms with Crippen LogP contribution in [0.3, 0.4) is 0 Å². The summed E-state index contributed by atoms with van der Waals surface area (Å²) >= 11 is 0. The van der Waals surface area contributed by atoms with E-state index in [0.29, 0.717) is 6.04 Å². The molecule has 1 spiro atoms. The van der Waals surface area contributed by atoms with Gasteiger partial charge in [-0.15, -0.1) is 0 Å². The van der Waals surface area contributed by atoms with Gasteiger partial charge in [0.1, 0.15) is 0 Å². The minimum atomic E-state index is 0.242. The van der Waals surface area contributed by atoms with Crippen LogP contribution in [0.4, 0.5) is 5.69 Å². The van der Waals surface area contributed by atoms with Crippen molar-refractivity contribution in [3.05, 3.63) is 29.8 Å². The molecule has 1 atom stereocenters. The van der Waals surface area contributed by atoms with Gasteiger partial charge in [-0.2, -0.15) is 0 Å². The molecule has 1 aromatic carbocycles. The molecule has 3 aliphatic rings. The number of nitrogen functional groups attached to an aromatic ring is 1. The lowest BCUT2D eigenvalue weighted by Gasteiger charge is -2.49. The Morgan fingerprint density at radius 2 is 2.05 bits per heavy atom. The van der Waals surface area contributed by atoms with E-state index >= 15 is 0 Å². The van der Waals surface area contributed by atoms with Crippen LogP contribution in [0.2, 0.25) is 0 Å². The number of nitrogens with zero attached hydrogens (tertiary/aromatic N) is 1. The normalized spacial score (nSPS) is 27.8. The summed E-state index contributed by atoms with van der Waals surface area (Å²) in [5.41, 5.74) is 8.42. The van der Waals surface area contributed by atoms with Crippen molar-refractivity contribution in [2.24, 2.45) is 0 Å². The lowest BCUT2D eigenvalue weighted by atomic mass is 9.73. The number of ether oxygens (including phenoxy) is 1. The fraction of sp³-hybridized carbons (Fsp3) is 0.667. The highest BCUT2D eigenvalue weighted by Crippen LogP contribution is 2.45. The molecule has 0 bridgehead atoms. The van der Waals surface area contributed by atoms with E-state index in [-0.39, 0.29) is 5.60 Å². The highest BCUT2D eigenvalue weighted by atomic mass is 16.5. The lowest BCUT2D eigenvalue weighted by Crippen LogP contribution is -2.52. The SMILES string of the molecule is Nc1cccc(CN(C2CC2)C2CCOC3(CCC3)C2)c1. The smallest absolute Gasteiger partial charge is 0.0697 e. The van der Waals surface area contributed by atoms with E-state index in [1.807, 2.05) is 6.07 Å². The first-order chi connectivity index (χ1) is 10.2. The van der Waals surface area contributed by atoms with Crippen molar-refractivity contribution < 1.29 is 4.74 Å². The summed E-state index contributed by atoms with van der Waals surface area (Å²) in [5.74, 6) is 0. The molecule has 2 saturated carbocycles. The predicted octanol–water partition coefficient (Wildman–Crippen LogP) is 3.33. The molecule has 21 heavy (non-hydrogen) atoms. The number of hydrogen-bond acceptors (Lipinski definition) is 3. The molecular weight excluding hydrogens is 260 g/mol. The number of hydrogen-bond donors (Lipinski definition) is 1. The van der Waals surface area contributed by atoms with Crippen LogP contribution in [0.25, 0.3) is 0 Å². The van der Waals surface area contributed by atoms with Gasteiger partial charge in [-0.1, -0.05) is 12.1 Å². The fourth-order valence-electron chi connectivity index (χ4n) is 4.07. The van der Waals surface area contributed by atoms with Gasteiger partial charge in [-0.25, -0.2) is 0 Å². The van der Waals surface area contributed by atoms with E-state index in [1.54, 1.807) is 0 Å². The van der Waals surface area contributed by atoms with E-state index < -0.39 is 0 Å². The largest absolute Gasteiger partial charge is 0.399 e. The van der Waals surface area contributed by atoms with Crippen molar-refractivity contribution in [3.8, 4) is 0 Å². The number of benzene rings is 1. The Hall–Kier alpha value is -1.06. The molecule has 1 heterocycles. The second kappa shape index (κ2) is 5.29. The second-order valence-corrected chi connectivity index (χ2v) is 7.18. The maximum absolute atomic E-state index is 6.10. The molecule has 0 radical (unpaired) electrons. The molecule has 3 heteroatoms. The average Bonchev–Trinajstić information content (AvgIpc) is 3.28. The number of nitrogens with two attached hydrogens (primary N) is 1. The van der Waals surface area contributed by atoms with Crippen LogP contribution in [0.5, 0.6) is 0 Å². The summed E-state index contributed by atoms with van der Waals surface area (Å²) in [7, 11) is 0. The van der Waals surface area contributed by atoms with Gasteiger partial charge in [0.25, 0.3) is 0 Å². The number of rotatable bonds is 4. The van der Waals surface area contributed by atoms with E-state index in [0.717, 1.165) is 24.9 Å². The van der Waals surface area contributed by atoms with E-state index in [9.17, 15) is 0 Å². The third kappa shape index (κ3) is 2.82. The van der Waals surface area contributed by atoms with E-state index in [2.05, 4.69) is 23.1 Å². The summed E-state index contributed by atoms with van der Waals surface area (Å²) in [6, 6.07) is 9.90. The summed E-state index contributed by atoms with van der Waals surface area (Å²) in [6.07, 6.45) is 9.08. The van der Waals surface area contributed by atoms with Crippen molar-refractivity contribution in [2.75, 3.05) is 12.3 Å². The molecule has 2 N–H and O–H groups in total. The molecule has 3 fully saturated rings. The zero-order chi connectivity index (χ0) is 14.3. The monoisotopic (exact) mass is 286 g/mol. The van der Waals surface area contributed by atoms with Crippen molar-refractivity contribution in [1.29, 1.82) is 0 Å². The maximum Gasteiger partial charge on any atom is 0.0697 e. The fourth-order valence-corrected chi connectivity index (χ4v) is 4.07. The van der Waals surface area contributed by atoms with Crippen LogP contribution in [0, 0.1) is 0 Å². The first-order valence-electron chi connectivity index (χ1n) is 8.48. The Morgan fingerprint density at radius 3 is 2.71 bits per heavy atom. The summed E-state index contributed by atoms with van der Waals surface area (Å²) in [6.45, 7) is 2.00. The molecule has 1 saturated heterocycles. The van der Waals surface area contributed by atoms with Gasteiger partial charge in [0.2, 0.25) is 0 Å². The highest BCUT2D eigenvalue weighted by molar-refractivity contribution is 5.40. The zero-order valence-electron chi connectivity index (χ0n) is 12.8. The minimum Gasteiger partial charge on any atom is -0.399 e. The molecule has 1 aromatic rings. The van der Waals surface area contributed by atoms with Crippen LogP contribution in [-0.4, -0.2) is 29.2 Å². The summed E-state index contributed by atoms with van der Waals surface area (Å²) in [4.78, 5) is 2.75. The molecule has 2 aliphatic carbocycles. The Morgan fingerprint density at radius 1 is 1.19 bits per heavy atom. The Kier molecular flexibility index (Phi) is 3.43. The molecule has 1 unspecified atom stereocenters. The second-order valence-electron chi connectivity index (χ2n) is 7.18. The average molecular weight is 286 g/mol. The maximum atomic E-state index is 6.10. The molecule has 114 valence electrons. The topological polar surface area (TPSA) is 38.5 Å². The first kappa shape index (κ1) is 13.6. The van der Waals surface area contributed by atoms with Gasteiger partial charge in [-0.05, 0) is 62.6 Å². The zero-order valence-corrected chi connectivity index (χ0v) is 12.8. The van der Waals surface area contributed by atoms with Crippen molar-refractivity contribution in [1.82, 2.24) is 4.90 Å². The molecule has 4 rings (SSSR count). The minimum absolute atomic E-state index is 0.242. The Balaban J connectivity index is 1.49. The van der Waals surface area contributed by atoms with Crippen molar-refractivity contribution in [2.45, 2.75) is 69.2 Å². The van der Waals surface area contributed by atoms with Gasteiger partial charge in [0, 0.05) is 30.9 Å². The van der Waals surface area contributed by atoms with Crippen LogP contribution in [-0.2, 0) is 11.3 Å². The van der Waals surface area contributed by atoms with E-state index in [1.165, 1.54) is 50.5 Å². The molecule has 0 amide bonds. The van der Waals surface area contributed by atoms with Crippen LogP contribution in [0.15, 0.2) is 24.3 Å².